The zero-order valence-corrected chi connectivity index (χ0v) is 13.3. The maximum Gasteiger partial charge on any atom is 0.314 e. The van der Waals surface area contributed by atoms with Crippen molar-refractivity contribution in [1.29, 1.82) is 0 Å². The third-order valence-corrected chi connectivity index (χ3v) is 3.47. The largest absolute Gasteiger partial charge is 0.506 e. The molecule has 0 aliphatic carbocycles. The van der Waals surface area contributed by atoms with Crippen molar-refractivity contribution in [3.8, 4) is 5.75 Å². The van der Waals surface area contributed by atoms with Crippen molar-refractivity contribution in [2.45, 2.75) is 6.92 Å². The lowest BCUT2D eigenvalue weighted by Crippen LogP contribution is -2.29. The van der Waals surface area contributed by atoms with E-state index in [4.69, 9.17) is 0 Å². The molecule has 6 heteroatoms. The first-order chi connectivity index (χ1) is 9.97. The molecule has 0 aromatic heterocycles. The van der Waals surface area contributed by atoms with Crippen LogP contribution < -0.4 is 10.6 Å². The van der Waals surface area contributed by atoms with Gasteiger partial charge >= 0.3 is 11.8 Å². The summed E-state index contributed by atoms with van der Waals surface area (Å²) in [6.45, 7) is 1.85. The Hall–Kier alpha value is -2.09. The molecular formula is C15H13IN2O3. The van der Waals surface area contributed by atoms with Gasteiger partial charge in [-0.25, -0.2) is 0 Å². The molecule has 0 saturated heterocycles. The fourth-order valence-electron chi connectivity index (χ4n) is 1.70. The highest BCUT2D eigenvalue weighted by atomic mass is 127. The molecule has 0 bridgehead atoms. The van der Waals surface area contributed by atoms with Gasteiger partial charge in [0.1, 0.15) is 5.75 Å². The minimum atomic E-state index is -0.838. The van der Waals surface area contributed by atoms with Crippen molar-refractivity contribution in [1.82, 2.24) is 0 Å². The molecule has 0 heterocycles. The Morgan fingerprint density at radius 1 is 1.00 bits per heavy atom. The number of aromatic hydroxyl groups is 1. The Kier molecular flexibility index (Phi) is 4.79. The predicted molar refractivity (Wildman–Crippen MR) is 89.3 cm³/mol. The topological polar surface area (TPSA) is 78.4 Å². The Bertz CT molecular complexity index is 701. The van der Waals surface area contributed by atoms with E-state index in [2.05, 4.69) is 33.2 Å². The van der Waals surface area contributed by atoms with Crippen molar-refractivity contribution in [3.05, 3.63) is 51.6 Å². The molecule has 5 nitrogen and oxygen atoms in total. The summed E-state index contributed by atoms with van der Waals surface area (Å²) in [5, 5.41) is 14.5. The van der Waals surface area contributed by atoms with E-state index < -0.39 is 11.8 Å². The Morgan fingerprint density at radius 2 is 1.62 bits per heavy atom. The van der Waals surface area contributed by atoms with E-state index in [0.717, 1.165) is 9.13 Å². The fraction of sp³-hybridized carbons (Fsp3) is 0.0667. The number of para-hydroxylation sites is 2. The number of aryl methyl sites for hydroxylation is 1. The number of benzene rings is 2. The van der Waals surface area contributed by atoms with Gasteiger partial charge in [-0.1, -0.05) is 12.1 Å². The predicted octanol–water partition coefficient (Wildman–Crippen LogP) is 2.88. The third kappa shape index (κ3) is 3.94. The van der Waals surface area contributed by atoms with Gasteiger partial charge in [-0.15, -0.1) is 0 Å². The number of hydrogen-bond acceptors (Lipinski definition) is 3. The van der Waals surface area contributed by atoms with Crippen molar-refractivity contribution < 1.29 is 14.7 Å². The van der Waals surface area contributed by atoms with E-state index in [-0.39, 0.29) is 11.4 Å². The van der Waals surface area contributed by atoms with Crippen LogP contribution in [0.3, 0.4) is 0 Å². The highest BCUT2D eigenvalue weighted by molar-refractivity contribution is 14.1. The lowest BCUT2D eigenvalue weighted by molar-refractivity contribution is -0.133. The van der Waals surface area contributed by atoms with Crippen molar-refractivity contribution in [3.63, 3.8) is 0 Å². The Balaban J connectivity index is 2.06. The number of rotatable bonds is 2. The van der Waals surface area contributed by atoms with Crippen molar-refractivity contribution in [2.75, 3.05) is 10.6 Å². The molecule has 0 spiro atoms. The highest BCUT2D eigenvalue weighted by Crippen LogP contribution is 2.22. The quantitative estimate of drug-likeness (QED) is 0.415. The van der Waals surface area contributed by atoms with Gasteiger partial charge in [-0.05, 0) is 65.4 Å². The molecule has 0 saturated carbocycles. The molecular weight excluding hydrogens is 383 g/mol. The maximum absolute atomic E-state index is 11.9. The molecule has 0 atom stereocenters. The van der Waals surface area contributed by atoms with Crippen LogP contribution in [0.4, 0.5) is 11.4 Å². The average molecular weight is 396 g/mol. The first-order valence-corrected chi connectivity index (χ1v) is 7.21. The molecule has 108 valence electrons. The molecule has 3 N–H and O–H groups in total. The smallest absolute Gasteiger partial charge is 0.314 e. The van der Waals surface area contributed by atoms with E-state index in [0.29, 0.717) is 5.69 Å². The maximum atomic E-state index is 11.9. The van der Waals surface area contributed by atoms with Gasteiger partial charge in [0.05, 0.1) is 5.69 Å². The number of phenolic OH excluding ortho intramolecular Hbond substituents is 1. The fourth-order valence-corrected chi connectivity index (χ4v) is 2.35. The Labute approximate surface area is 135 Å². The highest BCUT2D eigenvalue weighted by Gasteiger charge is 2.16. The summed E-state index contributed by atoms with van der Waals surface area (Å²) >= 11 is 2.17. The monoisotopic (exact) mass is 396 g/mol. The summed E-state index contributed by atoms with van der Waals surface area (Å²) in [7, 11) is 0. The van der Waals surface area contributed by atoms with Crippen molar-refractivity contribution in [2.24, 2.45) is 0 Å². The van der Waals surface area contributed by atoms with Gasteiger partial charge in [-0.2, -0.15) is 0 Å². The summed E-state index contributed by atoms with van der Waals surface area (Å²) in [4.78, 5) is 23.7. The number of nitrogens with one attached hydrogen (secondary N) is 2. The molecule has 21 heavy (non-hydrogen) atoms. The summed E-state index contributed by atoms with van der Waals surface area (Å²) in [6.07, 6.45) is 0. The summed E-state index contributed by atoms with van der Waals surface area (Å²) in [6, 6.07) is 11.7. The molecule has 2 aromatic carbocycles. The molecule has 2 amide bonds. The second-order valence-corrected chi connectivity index (χ2v) is 5.63. The molecule has 0 aliphatic heterocycles. The van der Waals surface area contributed by atoms with Gasteiger partial charge in [0.25, 0.3) is 0 Å². The molecule has 0 unspecified atom stereocenters. The number of phenols is 1. The molecule has 2 rings (SSSR count). The molecule has 0 radical (unpaired) electrons. The van der Waals surface area contributed by atoms with Gasteiger partial charge in [0.15, 0.2) is 0 Å². The van der Waals surface area contributed by atoms with Crippen molar-refractivity contribution >= 4 is 45.8 Å². The zero-order chi connectivity index (χ0) is 15.4. The van der Waals surface area contributed by atoms with E-state index >= 15 is 0 Å². The number of carbonyl (C=O) groups excluding carboxylic acids is 2. The number of amides is 2. The normalized spacial score (nSPS) is 10.0. The minimum Gasteiger partial charge on any atom is -0.506 e. The molecule has 0 fully saturated rings. The van der Waals surface area contributed by atoms with E-state index in [9.17, 15) is 14.7 Å². The number of hydrogen-bond donors (Lipinski definition) is 3. The van der Waals surface area contributed by atoms with E-state index in [1.165, 1.54) is 12.1 Å². The van der Waals surface area contributed by atoms with Gasteiger partial charge < -0.3 is 15.7 Å². The van der Waals surface area contributed by atoms with Crippen LogP contribution in [-0.2, 0) is 9.59 Å². The minimum absolute atomic E-state index is 0.0934. The SMILES string of the molecule is Cc1cc(I)ccc1NC(=O)C(=O)Nc1ccccc1O. The standard InChI is InChI=1S/C15H13IN2O3/c1-9-8-10(16)6-7-11(9)17-14(20)15(21)18-12-4-2-3-5-13(12)19/h2-8,19H,1H3,(H,17,20)(H,18,21). The lowest BCUT2D eigenvalue weighted by atomic mass is 10.2. The first-order valence-electron chi connectivity index (χ1n) is 6.14. The van der Waals surface area contributed by atoms with Crippen LogP contribution in [0.25, 0.3) is 0 Å². The number of halogens is 1. The van der Waals surface area contributed by atoms with Crippen LogP contribution in [0.5, 0.6) is 5.75 Å². The molecule has 0 aliphatic rings. The van der Waals surface area contributed by atoms with Crippen LogP contribution in [0.15, 0.2) is 42.5 Å². The number of carbonyl (C=O) groups is 2. The summed E-state index contributed by atoms with van der Waals surface area (Å²) < 4.78 is 1.04. The Morgan fingerprint density at radius 3 is 2.24 bits per heavy atom. The van der Waals surface area contributed by atoms with Gasteiger partial charge in [0.2, 0.25) is 0 Å². The van der Waals surface area contributed by atoms with Crippen LogP contribution in [0.1, 0.15) is 5.56 Å². The zero-order valence-electron chi connectivity index (χ0n) is 11.2. The lowest BCUT2D eigenvalue weighted by Gasteiger charge is -2.09. The van der Waals surface area contributed by atoms with E-state index in [1.54, 1.807) is 18.2 Å². The van der Waals surface area contributed by atoms with Crippen LogP contribution >= 0.6 is 22.6 Å². The van der Waals surface area contributed by atoms with Gasteiger partial charge in [-0.3, -0.25) is 9.59 Å². The van der Waals surface area contributed by atoms with Crippen LogP contribution in [0, 0.1) is 10.5 Å². The second-order valence-electron chi connectivity index (χ2n) is 4.38. The van der Waals surface area contributed by atoms with E-state index in [1.807, 2.05) is 19.1 Å². The molecule has 2 aromatic rings. The summed E-state index contributed by atoms with van der Waals surface area (Å²) in [5.74, 6) is -1.72. The van der Waals surface area contributed by atoms with Crippen LogP contribution in [0.2, 0.25) is 0 Å². The third-order valence-electron chi connectivity index (χ3n) is 2.80. The number of anilines is 2. The van der Waals surface area contributed by atoms with Gasteiger partial charge in [0, 0.05) is 9.26 Å². The van der Waals surface area contributed by atoms with Crippen LogP contribution in [-0.4, -0.2) is 16.9 Å². The summed E-state index contributed by atoms with van der Waals surface area (Å²) in [5.41, 5.74) is 1.63. The second kappa shape index (κ2) is 6.57. The average Bonchev–Trinajstić information content (AvgIpc) is 2.44. The first kappa shape index (κ1) is 15.3.